The zero-order chi connectivity index (χ0) is 20.1. The molecule has 2 aromatic rings. The molecule has 2 aromatic carbocycles. The largest absolute Gasteiger partial charge is 0.454 e. The summed E-state index contributed by atoms with van der Waals surface area (Å²) in [5, 5.41) is 6.46. The fourth-order valence-corrected chi connectivity index (χ4v) is 2.59. The number of rotatable bonds is 5. The molecule has 0 radical (unpaired) electrons. The Morgan fingerprint density at radius 2 is 1.79 bits per heavy atom. The van der Waals surface area contributed by atoms with E-state index < -0.39 is 5.91 Å². The van der Waals surface area contributed by atoms with Crippen molar-refractivity contribution in [3.8, 4) is 11.5 Å². The summed E-state index contributed by atoms with van der Waals surface area (Å²) in [4.78, 5) is 24.0. The van der Waals surface area contributed by atoms with Crippen LogP contribution in [0.5, 0.6) is 11.5 Å². The van der Waals surface area contributed by atoms with Crippen LogP contribution in [-0.4, -0.2) is 31.4 Å². The van der Waals surface area contributed by atoms with E-state index in [0.29, 0.717) is 17.1 Å². The molecule has 0 saturated carbocycles. The summed E-state index contributed by atoms with van der Waals surface area (Å²) in [6, 6.07) is 12.8. The first-order valence-corrected chi connectivity index (χ1v) is 8.93. The van der Waals surface area contributed by atoms with E-state index >= 15 is 0 Å². The van der Waals surface area contributed by atoms with Gasteiger partial charge in [-0.05, 0) is 34.7 Å². The van der Waals surface area contributed by atoms with E-state index in [1.807, 2.05) is 24.3 Å². The van der Waals surface area contributed by atoms with Crippen LogP contribution >= 0.6 is 0 Å². The van der Waals surface area contributed by atoms with Crippen molar-refractivity contribution < 1.29 is 19.1 Å². The Hall–Kier alpha value is -3.35. The van der Waals surface area contributed by atoms with E-state index in [2.05, 4.69) is 36.6 Å². The van der Waals surface area contributed by atoms with Crippen LogP contribution in [0.3, 0.4) is 0 Å². The van der Waals surface area contributed by atoms with Gasteiger partial charge in [0.2, 0.25) is 6.79 Å². The number of amides is 2. The summed E-state index contributed by atoms with van der Waals surface area (Å²) >= 11 is 0. The van der Waals surface area contributed by atoms with Crippen molar-refractivity contribution in [2.45, 2.75) is 26.2 Å². The summed E-state index contributed by atoms with van der Waals surface area (Å²) in [7, 11) is 0. The molecular weight excluding hydrogens is 358 g/mol. The lowest BCUT2D eigenvalue weighted by molar-refractivity contribution is -0.120. The molecule has 7 nitrogen and oxygen atoms in total. The number of hydrazone groups is 1. The maximum Gasteiger partial charge on any atom is 0.259 e. The Morgan fingerprint density at radius 1 is 1.07 bits per heavy atom. The van der Waals surface area contributed by atoms with Crippen molar-refractivity contribution in [3.05, 3.63) is 59.2 Å². The zero-order valence-corrected chi connectivity index (χ0v) is 16.1. The lowest BCUT2D eigenvalue weighted by Gasteiger charge is -2.18. The van der Waals surface area contributed by atoms with Crippen LogP contribution in [-0.2, 0) is 10.2 Å². The van der Waals surface area contributed by atoms with Gasteiger partial charge in [0.15, 0.2) is 11.5 Å². The number of fused-ring (bicyclic) bond motifs is 1. The van der Waals surface area contributed by atoms with Gasteiger partial charge in [0.25, 0.3) is 11.8 Å². The second-order valence-corrected chi connectivity index (χ2v) is 7.42. The minimum atomic E-state index is -0.420. The molecule has 7 heteroatoms. The smallest absolute Gasteiger partial charge is 0.259 e. The van der Waals surface area contributed by atoms with Crippen LogP contribution in [0.2, 0.25) is 0 Å². The lowest BCUT2D eigenvalue weighted by Crippen LogP contribution is -2.34. The second-order valence-electron chi connectivity index (χ2n) is 7.42. The number of hydrogen-bond acceptors (Lipinski definition) is 5. The molecule has 1 aliphatic rings. The molecular formula is C21H23N3O4. The predicted molar refractivity (Wildman–Crippen MR) is 106 cm³/mol. The van der Waals surface area contributed by atoms with Crippen molar-refractivity contribution in [1.29, 1.82) is 0 Å². The summed E-state index contributed by atoms with van der Waals surface area (Å²) in [6.45, 7) is 6.39. The highest BCUT2D eigenvalue weighted by atomic mass is 16.7. The first-order valence-electron chi connectivity index (χ1n) is 8.93. The SMILES string of the molecule is CC(C)(C)c1ccc(/C=N\NC(=O)CNC(=O)c2ccc3c(c2)OCO3)cc1. The molecule has 0 bridgehead atoms. The Balaban J connectivity index is 1.46. The van der Waals surface area contributed by atoms with Crippen LogP contribution in [0.15, 0.2) is 47.6 Å². The Labute approximate surface area is 163 Å². The van der Waals surface area contributed by atoms with Gasteiger partial charge in [-0.15, -0.1) is 0 Å². The molecule has 2 N–H and O–H groups in total. The minimum Gasteiger partial charge on any atom is -0.454 e. The van der Waals surface area contributed by atoms with Gasteiger partial charge >= 0.3 is 0 Å². The summed E-state index contributed by atoms with van der Waals surface area (Å²) in [6.07, 6.45) is 1.56. The highest BCUT2D eigenvalue weighted by Gasteiger charge is 2.16. The summed E-state index contributed by atoms with van der Waals surface area (Å²) in [5.74, 6) is 0.310. The van der Waals surface area contributed by atoms with Gasteiger partial charge in [-0.1, -0.05) is 45.0 Å². The second kappa shape index (κ2) is 8.12. The van der Waals surface area contributed by atoms with Crippen molar-refractivity contribution in [2.24, 2.45) is 5.10 Å². The van der Waals surface area contributed by atoms with E-state index in [1.165, 1.54) is 5.56 Å². The average Bonchev–Trinajstić information content (AvgIpc) is 3.13. The third kappa shape index (κ3) is 4.88. The molecule has 3 rings (SSSR count). The number of ether oxygens (including phenoxy) is 2. The molecule has 0 fully saturated rings. The Morgan fingerprint density at radius 3 is 2.50 bits per heavy atom. The van der Waals surface area contributed by atoms with Crippen molar-refractivity contribution in [1.82, 2.24) is 10.7 Å². The molecule has 0 aliphatic carbocycles. The van der Waals surface area contributed by atoms with Crippen LogP contribution in [0.25, 0.3) is 0 Å². The Bertz CT molecular complexity index is 899. The molecule has 1 aliphatic heterocycles. The Kier molecular flexibility index (Phi) is 5.63. The van der Waals surface area contributed by atoms with E-state index in [4.69, 9.17) is 9.47 Å². The molecule has 0 spiro atoms. The maximum absolute atomic E-state index is 12.1. The number of nitrogens with zero attached hydrogens (tertiary/aromatic N) is 1. The third-order valence-corrected chi connectivity index (χ3v) is 4.22. The average molecular weight is 381 g/mol. The highest BCUT2D eigenvalue weighted by Crippen LogP contribution is 2.32. The number of carbonyl (C=O) groups is 2. The molecule has 28 heavy (non-hydrogen) atoms. The fraction of sp³-hybridized carbons (Fsp3) is 0.286. The minimum absolute atomic E-state index is 0.0834. The van der Waals surface area contributed by atoms with E-state index in [9.17, 15) is 9.59 Å². The maximum atomic E-state index is 12.1. The normalized spacial score (nSPS) is 12.8. The number of benzene rings is 2. The third-order valence-electron chi connectivity index (χ3n) is 4.22. The fourth-order valence-electron chi connectivity index (χ4n) is 2.59. The molecule has 0 saturated heterocycles. The molecule has 0 unspecified atom stereocenters. The topological polar surface area (TPSA) is 89.0 Å². The first-order chi connectivity index (χ1) is 13.3. The first kappa shape index (κ1) is 19.4. The van der Waals surface area contributed by atoms with Gasteiger partial charge in [-0.2, -0.15) is 5.10 Å². The molecule has 1 heterocycles. The van der Waals surface area contributed by atoms with E-state index in [-0.39, 0.29) is 24.7 Å². The van der Waals surface area contributed by atoms with Gasteiger partial charge in [0, 0.05) is 5.56 Å². The molecule has 2 amide bonds. The lowest BCUT2D eigenvalue weighted by atomic mass is 9.87. The number of nitrogens with one attached hydrogen (secondary N) is 2. The van der Waals surface area contributed by atoms with Crippen LogP contribution in [0.1, 0.15) is 42.3 Å². The zero-order valence-electron chi connectivity index (χ0n) is 16.1. The van der Waals surface area contributed by atoms with Crippen molar-refractivity contribution in [3.63, 3.8) is 0 Å². The number of carbonyl (C=O) groups excluding carboxylic acids is 2. The quantitative estimate of drug-likeness (QED) is 0.615. The monoisotopic (exact) mass is 381 g/mol. The van der Waals surface area contributed by atoms with Crippen molar-refractivity contribution in [2.75, 3.05) is 13.3 Å². The summed E-state index contributed by atoms with van der Waals surface area (Å²) in [5.41, 5.74) is 4.96. The van der Waals surface area contributed by atoms with Gasteiger partial charge in [-0.25, -0.2) is 5.43 Å². The van der Waals surface area contributed by atoms with Gasteiger partial charge in [0.1, 0.15) is 0 Å². The molecule has 0 atom stereocenters. The highest BCUT2D eigenvalue weighted by molar-refractivity contribution is 5.97. The molecule has 0 aromatic heterocycles. The van der Waals surface area contributed by atoms with E-state index in [1.54, 1.807) is 24.4 Å². The van der Waals surface area contributed by atoms with Crippen molar-refractivity contribution >= 4 is 18.0 Å². The van der Waals surface area contributed by atoms with Crippen LogP contribution in [0, 0.1) is 0 Å². The van der Waals surface area contributed by atoms with Gasteiger partial charge in [0.05, 0.1) is 12.8 Å². The molecule has 146 valence electrons. The van der Waals surface area contributed by atoms with E-state index in [0.717, 1.165) is 5.56 Å². The van der Waals surface area contributed by atoms with Crippen LogP contribution < -0.4 is 20.2 Å². The summed E-state index contributed by atoms with van der Waals surface area (Å²) < 4.78 is 10.4. The van der Waals surface area contributed by atoms with Gasteiger partial charge < -0.3 is 14.8 Å². The number of hydrogen-bond donors (Lipinski definition) is 2. The standard InChI is InChI=1S/C21H23N3O4/c1-21(2,3)16-7-4-14(5-8-16)11-23-24-19(25)12-22-20(26)15-6-9-17-18(10-15)28-13-27-17/h4-11H,12-13H2,1-3H3,(H,22,26)(H,24,25)/b23-11-. The van der Waals surface area contributed by atoms with Gasteiger partial charge in [-0.3, -0.25) is 9.59 Å². The van der Waals surface area contributed by atoms with Crippen LogP contribution in [0.4, 0.5) is 0 Å². The predicted octanol–water partition coefficient (Wildman–Crippen LogP) is 2.59.